The van der Waals surface area contributed by atoms with Crippen molar-refractivity contribution in [1.29, 1.82) is 0 Å². The number of aliphatic hydroxyl groups is 1. The van der Waals surface area contributed by atoms with E-state index in [9.17, 15) is 5.11 Å². The third-order valence-electron chi connectivity index (χ3n) is 5.74. The fourth-order valence-electron chi connectivity index (χ4n) is 3.96. The average molecular weight is 407 g/mol. The Bertz CT molecular complexity index is 821. The first-order chi connectivity index (χ1) is 13.5. The highest BCUT2D eigenvalue weighted by molar-refractivity contribution is 6.32. The Morgan fingerprint density at radius 3 is 2.71 bits per heavy atom. The van der Waals surface area contributed by atoms with Crippen LogP contribution in [0.4, 0.5) is 5.95 Å². The second kappa shape index (κ2) is 8.32. The lowest BCUT2D eigenvalue weighted by molar-refractivity contribution is -0.0136. The molecule has 28 heavy (non-hydrogen) atoms. The van der Waals surface area contributed by atoms with Crippen molar-refractivity contribution in [3.8, 4) is 11.4 Å². The second-order valence-corrected chi connectivity index (χ2v) is 8.12. The molecule has 9 heteroatoms. The third kappa shape index (κ3) is 4.00. The summed E-state index contributed by atoms with van der Waals surface area (Å²) in [4.78, 5) is 16.0. The van der Waals surface area contributed by atoms with Crippen LogP contribution in [0.25, 0.3) is 11.4 Å². The van der Waals surface area contributed by atoms with Crippen molar-refractivity contribution >= 4 is 17.5 Å². The SMILES string of the molecule is CN1CCC(c2ncc(-c3nc(N[C@@H]4CCOC[C@H]4O)ncc3Cl)n2C)CC1. The molecule has 4 rings (SSSR count). The number of aliphatic hydroxyl groups excluding tert-OH is 1. The van der Waals surface area contributed by atoms with E-state index in [-0.39, 0.29) is 6.04 Å². The number of piperidine rings is 1. The van der Waals surface area contributed by atoms with Gasteiger partial charge >= 0.3 is 0 Å². The Morgan fingerprint density at radius 1 is 1.18 bits per heavy atom. The van der Waals surface area contributed by atoms with Crippen LogP contribution in [0.5, 0.6) is 0 Å². The molecule has 2 aliphatic heterocycles. The molecule has 2 atom stereocenters. The molecule has 0 radical (unpaired) electrons. The summed E-state index contributed by atoms with van der Waals surface area (Å²) in [5.41, 5.74) is 1.52. The Morgan fingerprint density at radius 2 is 1.96 bits per heavy atom. The van der Waals surface area contributed by atoms with Crippen LogP contribution in [0.3, 0.4) is 0 Å². The van der Waals surface area contributed by atoms with Gasteiger partial charge in [0.2, 0.25) is 5.95 Å². The number of ether oxygens (including phenoxy) is 1. The van der Waals surface area contributed by atoms with Gasteiger partial charge in [0.1, 0.15) is 11.5 Å². The van der Waals surface area contributed by atoms with Crippen molar-refractivity contribution < 1.29 is 9.84 Å². The summed E-state index contributed by atoms with van der Waals surface area (Å²) < 4.78 is 7.37. The lowest BCUT2D eigenvalue weighted by atomic mass is 9.96. The van der Waals surface area contributed by atoms with Gasteiger partial charge in [-0.2, -0.15) is 0 Å². The number of rotatable bonds is 4. The van der Waals surface area contributed by atoms with E-state index >= 15 is 0 Å². The van der Waals surface area contributed by atoms with Gasteiger partial charge in [0, 0.05) is 19.6 Å². The molecule has 2 aromatic heterocycles. The van der Waals surface area contributed by atoms with Gasteiger partial charge in [-0.25, -0.2) is 15.0 Å². The molecule has 0 amide bonds. The van der Waals surface area contributed by atoms with Gasteiger partial charge in [0.05, 0.1) is 41.9 Å². The summed E-state index contributed by atoms with van der Waals surface area (Å²) in [6, 6.07) is -0.135. The van der Waals surface area contributed by atoms with E-state index in [4.69, 9.17) is 16.3 Å². The highest BCUT2D eigenvalue weighted by atomic mass is 35.5. The first-order valence-corrected chi connectivity index (χ1v) is 10.2. The average Bonchev–Trinajstić information content (AvgIpc) is 3.07. The van der Waals surface area contributed by atoms with Crippen molar-refractivity contribution in [2.45, 2.75) is 37.3 Å². The molecule has 0 saturated carbocycles. The van der Waals surface area contributed by atoms with Crippen LogP contribution in [0.15, 0.2) is 12.4 Å². The molecule has 2 aromatic rings. The molecule has 2 aliphatic rings. The zero-order valence-corrected chi connectivity index (χ0v) is 17.1. The van der Waals surface area contributed by atoms with Gasteiger partial charge in [-0.15, -0.1) is 0 Å². The lowest BCUT2D eigenvalue weighted by Gasteiger charge is -2.28. The Labute approximate surface area is 169 Å². The highest BCUT2D eigenvalue weighted by Crippen LogP contribution is 2.32. The highest BCUT2D eigenvalue weighted by Gasteiger charge is 2.26. The quantitative estimate of drug-likeness (QED) is 0.801. The van der Waals surface area contributed by atoms with E-state index in [2.05, 4.69) is 36.8 Å². The molecule has 2 fully saturated rings. The molecule has 152 valence electrons. The minimum Gasteiger partial charge on any atom is -0.389 e. The maximum atomic E-state index is 10.1. The van der Waals surface area contributed by atoms with Crippen LogP contribution >= 0.6 is 11.6 Å². The van der Waals surface area contributed by atoms with Gasteiger partial charge in [0.15, 0.2) is 0 Å². The molecule has 8 nitrogen and oxygen atoms in total. The number of imidazole rings is 1. The lowest BCUT2D eigenvalue weighted by Crippen LogP contribution is -2.42. The van der Waals surface area contributed by atoms with Crippen molar-refractivity contribution in [3.05, 3.63) is 23.2 Å². The van der Waals surface area contributed by atoms with Crippen LogP contribution in [0.2, 0.25) is 5.02 Å². The molecule has 0 spiro atoms. The second-order valence-electron chi connectivity index (χ2n) is 7.71. The van der Waals surface area contributed by atoms with Crippen LogP contribution in [0, 0.1) is 0 Å². The maximum Gasteiger partial charge on any atom is 0.223 e. The minimum atomic E-state index is -0.579. The zero-order valence-electron chi connectivity index (χ0n) is 16.3. The van der Waals surface area contributed by atoms with E-state index < -0.39 is 6.10 Å². The van der Waals surface area contributed by atoms with Crippen molar-refractivity contribution in [2.75, 3.05) is 38.7 Å². The van der Waals surface area contributed by atoms with Crippen LogP contribution in [0.1, 0.15) is 31.0 Å². The van der Waals surface area contributed by atoms with E-state index in [1.165, 1.54) is 0 Å². The number of likely N-dealkylation sites (tertiary alicyclic amines) is 1. The Balaban J connectivity index is 1.57. The molecule has 0 aliphatic carbocycles. The Hall–Kier alpha value is -1.74. The topological polar surface area (TPSA) is 88.3 Å². The number of nitrogens with one attached hydrogen (secondary N) is 1. The summed E-state index contributed by atoms with van der Waals surface area (Å²) >= 11 is 6.42. The standard InChI is InChI=1S/C19H27ClN6O2/c1-25-6-3-12(4-7-25)18-21-10-15(26(18)2)17-13(20)9-22-19(24-17)23-14-5-8-28-11-16(14)27/h9-10,12,14,16,27H,3-8,11H2,1-2H3,(H,22,23,24)/t14-,16-/m1/s1. The fourth-order valence-corrected chi connectivity index (χ4v) is 4.15. The van der Waals surface area contributed by atoms with Crippen molar-refractivity contribution in [1.82, 2.24) is 24.4 Å². The van der Waals surface area contributed by atoms with Gasteiger partial charge in [0.25, 0.3) is 0 Å². The summed E-state index contributed by atoms with van der Waals surface area (Å²) in [6.07, 6.45) is 5.77. The van der Waals surface area contributed by atoms with E-state index in [0.717, 1.165) is 37.4 Å². The molecule has 2 saturated heterocycles. The largest absolute Gasteiger partial charge is 0.389 e. The molecular weight excluding hydrogens is 380 g/mol. The number of nitrogens with zero attached hydrogens (tertiary/aromatic N) is 5. The van der Waals surface area contributed by atoms with E-state index in [1.54, 1.807) is 6.20 Å². The monoisotopic (exact) mass is 406 g/mol. The molecule has 0 aromatic carbocycles. The van der Waals surface area contributed by atoms with Crippen LogP contribution < -0.4 is 5.32 Å². The maximum absolute atomic E-state index is 10.1. The number of hydrogen-bond acceptors (Lipinski definition) is 7. The van der Waals surface area contributed by atoms with Gasteiger partial charge in [-0.1, -0.05) is 11.6 Å². The summed E-state index contributed by atoms with van der Waals surface area (Å²) in [5.74, 6) is 1.98. The minimum absolute atomic E-state index is 0.135. The molecule has 0 bridgehead atoms. The first kappa shape index (κ1) is 19.6. The first-order valence-electron chi connectivity index (χ1n) is 9.78. The van der Waals surface area contributed by atoms with Crippen LogP contribution in [-0.4, -0.2) is 75.0 Å². The van der Waals surface area contributed by atoms with E-state index in [0.29, 0.717) is 42.2 Å². The fraction of sp³-hybridized carbons (Fsp3) is 0.632. The summed E-state index contributed by atoms with van der Waals surface area (Å²) in [6.45, 7) is 3.10. The normalized spacial score (nSPS) is 24.4. The number of anilines is 1. The Kier molecular flexibility index (Phi) is 5.82. The van der Waals surface area contributed by atoms with Crippen molar-refractivity contribution in [2.24, 2.45) is 7.05 Å². The molecular formula is C19H27ClN6O2. The number of halogens is 1. The summed E-state index contributed by atoms with van der Waals surface area (Å²) in [5, 5.41) is 13.8. The van der Waals surface area contributed by atoms with Crippen LogP contribution in [-0.2, 0) is 11.8 Å². The predicted octanol–water partition coefficient (Wildman–Crippen LogP) is 1.90. The van der Waals surface area contributed by atoms with Crippen molar-refractivity contribution in [3.63, 3.8) is 0 Å². The molecule has 2 N–H and O–H groups in total. The predicted molar refractivity (Wildman–Crippen MR) is 108 cm³/mol. The van der Waals surface area contributed by atoms with E-state index in [1.807, 2.05) is 13.2 Å². The smallest absolute Gasteiger partial charge is 0.223 e. The number of aromatic nitrogens is 4. The van der Waals surface area contributed by atoms with Gasteiger partial charge in [-0.05, 0) is 39.4 Å². The third-order valence-corrected chi connectivity index (χ3v) is 6.01. The molecule has 0 unspecified atom stereocenters. The summed E-state index contributed by atoms with van der Waals surface area (Å²) in [7, 11) is 4.17. The van der Waals surface area contributed by atoms with Gasteiger partial charge in [-0.3, -0.25) is 0 Å². The van der Waals surface area contributed by atoms with Gasteiger partial charge < -0.3 is 24.6 Å². The zero-order chi connectivity index (χ0) is 19.7. The number of hydrogen-bond donors (Lipinski definition) is 2. The molecule has 4 heterocycles.